The van der Waals surface area contributed by atoms with Gasteiger partial charge in [-0.25, -0.2) is 0 Å². The molecule has 0 radical (unpaired) electrons. The van der Waals surface area contributed by atoms with Crippen LogP contribution in [0.25, 0.3) is 0 Å². The minimum atomic E-state index is -0.266. The Morgan fingerprint density at radius 1 is 1.45 bits per heavy atom. The number of fused-ring (bicyclic) bond motifs is 1. The van der Waals surface area contributed by atoms with Crippen LogP contribution in [-0.2, 0) is 11.2 Å². The highest BCUT2D eigenvalue weighted by atomic mass is 16.5. The van der Waals surface area contributed by atoms with Crippen molar-refractivity contribution in [2.75, 3.05) is 11.9 Å². The maximum atomic E-state index is 11.3. The summed E-state index contributed by atoms with van der Waals surface area (Å²) in [6.45, 7) is 0.345. The summed E-state index contributed by atoms with van der Waals surface area (Å²) in [5.41, 5.74) is 1.95. The summed E-state index contributed by atoms with van der Waals surface area (Å²) in [6.07, 6.45) is 3.55. The molecule has 3 rings (SSSR count). The van der Waals surface area contributed by atoms with Crippen molar-refractivity contribution >= 4 is 11.6 Å². The van der Waals surface area contributed by atoms with Crippen LogP contribution >= 0.6 is 0 Å². The number of ether oxygens (including phenoxy) is 1. The highest BCUT2D eigenvalue weighted by Crippen LogP contribution is 2.27. The fraction of sp³-hybridized carbons (Fsp3) is 0.467. The van der Waals surface area contributed by atoms with Crippen molar-refractivity contribution in [1.82, 2.24) is 5.32 Å². The van der Waals surface area contributed by atoms with Crippen LogP contribution in [0.5, 0.6) is 5.75 Å². The molecule has 1 aliphatic carbocycles. The summed E-state index contributed by atoms with van der Waals surface area (Å²) in [5.74, 6) is 0.807. The molecule has 5 heteroatoms. The van der Waals surface area contributed by atoms with Gasteiger partial charge in [0.15, 0.2) is 0 Å². The van der Waals surface area contributed by atoms with Crippen molar-refractivity contribution in [3.05, 3.63) is 23.8 Å². The molecule has 0 bridgehead atoms. The highest BCUT2D eigenvalue weighted by molar-refractivity contribution is 5.93. The van der Waals surface area contributed by atoms with Crippen molar-refractivity contribution in [3.8, 4) is 11.8 Å². The fourth-order valence-electron chi connectivity index (χ4n) is 2.29. The second kappa shape index (κ2) is 5.51. The van der Waals surface area contributed by atoms with E-state index in [1.165, 1.54) is 0 Å². The van der Waals surface area contributed by atoms with E-state index in [9.17, 15) is 4.79 Å². The third-order valence-electron chi connectivity index (χ3n) is 3.56. The van der Waals surface area contributed by atoms with Crippen LogP contribution in [-0.4, -0.2) is 24.6 Å². The molecule has 2 N–H and O–H groups in total. The Kier molecular flexibility index (Phi) is 3.57. The van der Waals surface area contributed by atoms with E-state index in [0.29, 0.717) is 19.1 Å². The SMILES string of the molecule is N#CC(COc1ccc2c(c1)CCC(=O)N2)NC1CC1. The topological polar surface area (TPSA) is 74.1 Å². The number of anilines is 1. The van der Waals surface area contributed by atoms with Gasteiger partial charge in [-0.3, -0.25) is 10.1 Å². The van der Waals surface area contributed by atoms with Crippen LogP contribution in [0.3, 0.4) is 0 Å². The number of rotatable bonds is 5. The molecule has 0 saturated heterocycles. The van der Waals surface area contributed by atoms with Gasteiger partial charge < -0.3 is 10.1 Å². The monoisotopic (exact) mass is 271 g/mol. The van der Waals surface area contributed by atoms with Crippen LogP contribution in [0.15, 0.2) is 18.2 Å². The van der Waals surface area contributed by atoms with E-state index in [-0.39, 0.29) is 11.9 Å². The zero-order chi connectivity index (χ0) is 13.9. The average Bonchev–Trinajstić information content (AvgIpc) is 3.27. The average molecular weight is 271 g/mol. The first-order valence-electron chi connectivity index (χ1n) is 6.96. The van der Waals surface area contributed by atoms with E-state index >= 15 is 0 Å². The molecule has 1 atom stereocenters. The number of carbonyl (C=O) groups is 1. The number of hydrogen-bond acceptors (Lipinski definition) is 4. The standard InChI is InChI=1S/C15H17N3O2/c16-8-12(17-11-2-3-11)9-20-13-4-5-14-10(7-13)1-6-15(19)18-14/h4-5,7,11-12,17H,1-3,6,9H2,(H,18,19). The molecule has 1 fully saturated rings. The van der Waals surface area contributed by atoms with E-state index in [1.54, 1.807) is 0 Å². The third kappa shape index (κ3) is 3.09. The van der Waals surface area contributed by atoms with E-state index in [1.807, 2.05) is 18.2 Å². The Balaban J connectivity index is 1.60. The zero-order valence-corrected chi connectivity index (χ0v) is 11.2. The minimum absolute atomic E-state index is 0.0596. The van der Waals surface area contributed by atoms with Gasteiger partial charge in [-0.15, -0.1) is 0 Å². The smallest absolute Gasteiger partial charge is 0.224 e. The number of benzene rings is 1. The summed E-state index contributed by atoms with van der Waals surface area (Å²) in [5, 5.41) is 15.1. The zero-order valence-electron chi connectivity index (χ0n) is 11.2. The molecule has 1 aromatic rings. The molecular weight excluding hydrogens is 254 g/mol. The molecule has 0 spiro atoms. The van der Waals surface area contributed by atoms with Gasteiger partial charge in [-0.1, -0.05) is 0 Å². The lowest BCUT2D eigenvalue weighted by molar-refractivity contribution is -0.116. The lowest BCUT2D eigenvalue weighted by atomic mass is 10.0. The number of carbonyl (C=O) groups excluding carboxylic acids is 1. The number of nitriles is 1. The predicted octanol–water partition coefficient (Wildman–Crippen LogP) is 1.59. The first kappa shape index (κ1) is 12.9. The predicted molar refractivity (Wildman–Crippen MR) is 74.4 cm³/mol. The van der Waals surface area contributed by atoms with E-state index in [4.69, 9.17) is 10.00 Å². The molecule has 1 aromatic carbocycles. The van der Waals surface area contributed by atoms with Crippen LogP contribution < -0.4 is 15.4 Å². The number of nitrogens with zero attached hydrogens (tertiary/aromatic N) is 1. The molecule has 20 heavy (non-hydrogen) atoms. The van der Waals surface area contributed by atoms with Gasteiger partial charge in [0, 0.05) is 18.2 Å². The van der Waals surface area contributed by atoms with Gasteiger partial charge >= 0.3 is 0 Å². The number of hydrogen-bond donors (Lipinski definition) is 2. The Hall–Kier alpha value is -2.06. The lowest BCUT2D eigenvalue weighted by Gasteiger charge is -2.18. The van der Waals surface area contributed by atoms with Crippen molar-refractivity contribution in [2.24, 2.45) is 0 Å². The molecule has 2 aliphatic rings. The summed E-state index contributed by atoms with van der Waals surface area (Å²) in [6, 6.07) is 8.07. The summed E-state index contributed by atoms with van der Waals surface area (Å²) in [4.78, 5) is 11.3. The van der Waals surface area contributed by atoms with Crippen LogP contribution in [0.4, 0.5) is 5.69 Å². The van der Waals surface area contributed by atoms with Crippen molar-refractivity contribution in [1.29, 1.82) is 5.26 Å². The Morgan fingerprint density at radius 2 is 2.30 bits per heavy atom. The lowest BCUT2D eigenvalue weighted by Crippen LogP contribution is -2.34. The van der Waals surface area contributed by atoms with Crippen molar-refractivity contribution in [3.63, 3.8) is 0 Å². The second-order valence-electron chi connectivity index (χ2n) is 5.30. The maximum absolute atomic E-state index is 11.3. The normalized spacial score (nSPS) is 18.6. The van der Waals surface area contributed by atoms with Crippen LogP contribution in [0.2, 0.25) is 0 Å². The first-order chi connectivity index (χ1) is 9.74. The summed E-state index contributed by atoms with van der Waals surface area (Å²) in [7, 11) is 0. The summed E-state index contributed by atoms with van der Waals surface area (Å²) < 4.78 is 5.68. The molecule has 1 amide bonds. The Bertz CT molecular complexity index is 561. The maximum Gasteiger partial charge on any atom is 0.224 e. The molecule has 1 saturated carbocycles. The van der Waals surface area contributed by atoms with Gasteiger partial charge in [0.1, 0.15) is 18.4 Å². The number of aryl methyl sites for hydroxylation is 1. The van der Waals surface area contributed by atoms with Gasteiger partial charge in [0.05, 0.1) is 6.07 Å². The van der Waals surface area contributed by atoms with Crippen molar-refractivity contribution < 1.29 is 9.53 Å². The molecule has 104 valence electrons. The summed E-state index contributed by atoms with van der Waals surface area (Å²) >= 11 is 0. The second-order valence-corrected chi connectivity index (χ2v) is 5.30. The van der Waals surface area contributed by atoms with E-state index < -0.39 is 0 Å². The number of amides is 1. The van der Waals surface area contributed by atoms with Crippen molar-refractivity contribution in [2.45, 2.75) is 37.8 Å². The first-order valence-corrected chi connectivity index (χ1v) is 6.96. The van der Waals surface area contributed by atoms with Crippen LogP contribution in [0.1, 0.15) is 24.8 Å². The quantitative estimate of drug-likeness (QED) is 0.853. The largest absolute Gasteiger partial charge is 0.491 e. The highest BCUT2D eigenvalue weighted by Gasteiger charge is 2.24. The fourth-order valence-corrected chi connectivity index (χ4v) is 2.29. The Morgan fingerprint density at radius 3 is 3.05 bits per heavy atom. The van der Waals surface area contributed by atoms with Gasteiger partial charge in [0.2, 0.25) is 5.91 Å². The molecule has 1 heterocycles. The third-order valence-corrected chi connectivity index (χ3v) is 3.56. The minimum Gasteiger partial charge on any atom is -0.491 e. The van der Waals surface area contributed by atoms with Gasteiger partial charge in [-0.05, 0) is 43.0 Å². The molecule has 1 unspecified atom stereocenters. The molecule has 0 aromatic heterocycles. The Labute approximate surface area is 117 Å². The molecule has 5 nitrogen and oxygen atoms in total. The van der Waals surface area contributed by atoms with Gasteiger partial charge in [0.25, 0.3) is 0 Å². The number of nitrogens with one attached hydrogen (secondary N) is 2. The van der Waals surface area contributed by atoms with Gasteiger partial charge in [-0.2, -0.15) is 5.26 Å². The molecular formula is C15H17N3O2. The van der Waals surface area contributed by atoms with E-state index in [2.05, 4.69) is 16.7 Å². The van der Waals surface area contributed by atoms with Crippen LogP contribution in [0, 0.1) is 11.3 Å². The molecule has 1 aliphatic heterocycles. The van der Waals surface area contributed by atoms with E-state index in [0.717, 1.165) is 36.3 Å².